The summed E-state index contributed by atoms with van der Waals surface area (Å²) >= 11 is 3.76. The monoisotopic (exact) mass is 318 g/mol. The molecule has 0 bridgehead atoms. The zero-order valence-electron chi connectivity index (χ0n) is 11.4. The summed E-state index contributed by atoms with van der Waals surface area (Å²) in [5.74, 6) is 1.83. The van der Waals surface area contributed by atoms with Gasteiger partial charge in [0.15, 0.2) is 0 Å². The molecule has 19 heavy (non-hydrogen) atoms. The van der Waals surface area contributed by atoms with Crippen LogP contribution in [0, 0.1) is 12.8 Å². The Morgan fingerprint density at radius 3 is 2.89 bits per heavy atom. The van der Waals surface area contributed by atoms with Crippen LogP contribution in [0.15, 0.2) is 30.3 Å². The predicted octanol–water partition coefficient (Wildman–Crippen LogP) is 4.15. The highest BCUT2D eigenvalue weighted by atomic mass is 79.9. The Morgan fingerprint density at radius 1 is 1.32 bits per heavy atom. The van der Waals surface area contributed by atoms with Crippen LogP contribution in [-0.2, 0) is 0 Å². The Hall–Kier alpha value is -1.09. The molecule has 1 aromatic carbocycles. The van der Waals surface area contributed by atoms with Crippen LogP contribution in [0.2, 0.25) is 0 Å². The van der Waals surface area contributed by atoms with Crippen LogP contribution in [0.3, 0.4) is 0 Å². The molecule has 1 aromatic heterocycles. The Labute approximate surface area is 123 Å². The number of anilines is 1. The Bertz CT molecular complexity index is 596. The molecule has 3 heteroatoms. The second-order valence-corrected chi connectivity index (χ2v) is 6.73. The molecule has 2 atom stereocenters. The van der Waals surface area contributed by atoms with Crippen molar-refractivity contribution >= 4 is 32.7 Å². The summed E-state index contributed by atoms with van der Waals surface area (Å²) in [5, 5.41) is 1.23. The maximum absolute atomic E-state index is 4.87. The third-order valence-corrected chi connectivity index (χ3v) is 5.35. The number of alkyl halides is 1. The molecule has 0 aliphatic carbocycles. The fraction of sp³-hybridized carbons (Fsp3) is 0.438. The molecule has 0 amide bonds. The fourth-order valence-electron chi connectivity index (χ4n) is 2.84. The van der Waals surface area contributed by atoms with E-state index in [4.69, 9.17) is 4.98 Å². The molecule has 0 spiro atoms. The standard InChI is InChI=1S/C16H19BrN2/c1-11-9-13-5-3-4-6-15(13)18-16(11)19-8-7-14(17)12(2)10-19/h3-6,9,12,14H,7-8,10H2,1-2H3. The number of pyridine rings is 1. The van der Waals surface area contributed by atoms with Gasteiger partial charge in [-0.2, -0.15) is 0 Å². The molecule has 2 unspecified atom stereocenters. The number of nitrogens with zero attached hydrogens (tertiary/aromatic N) is 2. The highest BCUT2D eigenvalue weighted by Gasteiger charge is 2.25. The van der Waals surface area contributed by atoms with Gasteiger partial charge in [-0.3, -0.25) is 0 Å². The fourth-order valence-corrected chi connectivity index (χ4v) is 3.21. The van der Waals surface area contributed by atoms with Crippen LogP contribution in [0.5, 0.6) is 0 Å². The van der Waals surface area contributed by atoms with Gasteiger partial charge in [0.1, 0.15) is 5.82 Å². The maximum Gasteiger partial charge on any atom is 0.132 e. The summed E-state index contributed by atoms with van der Waals surface area (Å²) in [5.41, 5.74) is 2.37. The molecule has 1 aliphatic heterocycles. The lowest BCUT2D eigenvalue weighted by Gasteiger charge is -2.36. The van der Waals surface area contributed by atoms with E-state index < -0.39 is 0 Å². The van der Waals surface area contributed by atoms with Crippen molar-refractivity contribution in [3.63, 3.8) is 0 Å². The summed E-state index contributed by atoms with van der Waals surface area (Å²) in [4.78, 5) is 7.95. The highest BCUT2D eigenvalue weighted by Crippen LogP contribution is 2.29. The number of piperidine rings is 1. The molecule has 0 saturated carbocycles. The minimum absolute atomic E-state index is 0.643. The minimum atomic E-state index is 0.643. The van der Waals surface area contributed by atoms with Gasteiger partial charge < -0.3 is 4.90 Å². The van der Waals surface area contributed by atoms with Crippen LogP contribution in [0.25, 0.3) is 10.9 Å². The summed E-state index contributed by atoms with van der Waals surface area (Å²) in [6.45, 7) is 6.65. The van der Waals surface area contributed by atoms with Crippen molar-refractivity contribution in [1.29, 1.82) is 0 Å². The number of rotatable bonds is 1. The first-order valence-corrected chi connectivity index (χ1v) is 7.82. The third kappa shape index (κ3) is 2.48. The van der Waals surface area contributed by atoms with E-state index in [0.29, 0.717) is 10.7 Å². The lowest BCUT2D eigenvalue weighted by Crippen LogP contribution is -2.40. The number of halogens is 1. The highest BCUT2D eigenvalue weighted by molar-refractivity contribution is 9.09. The van der Waals surface area contributed by atoms with Crippen molar-refractivity contribution in [3.05, 3.63) is 35.9 Å². The molecule has 100 valence electrons. The van der Waals surface area contributed by atoms with E-state index in [1.54, 1.807) is 0 Å². The van der Waals surface area contributed by atoms with E-state index in [0.717, 1.165) is 24.4 Å². The van der Waals surface area contributed by atoms with Crippen LogP contribution in [-0.4, -0.2) is 22.9 Å². The van der Waals surface area contributed by atoms with Gasteiger partial charge in [-0.1, -0.05) is 41.1 Å². The summed E-state index contributed by atoms with van der Waals surface area (Å²) in [6.07, 6.45) is 1.19. The van der Waals surface area contributed by atoms with Crippen LogP contribution in [0.1, 0.15) is 18.9 Å². The summed E-state index contributed by atoms with van der Waals surface area (Å²) < 4.78 is 0. The van der Waals surface area contributed by atoms with E-state index in [9.17, 15) is 0 Å². The van der Waals surface area contributed by atoms with E-state index in [-0.39, 0.29) is 0 Å². The Morgan fingerprint density at radius 2 is 2.11 bits per heavy atom. The predicted molar refractivity (Wildman–Crippen MR) is 85.2 cm³/mol. The molecular weight excluding hydrogens is 300 g/mol. The second-order valence-electron chi connectivity index (χ2n) is 5.55. The molecule has 1 aliphatic rings. The summed E-state index contributed by atoms with van der Waals surface area (Å²) in [7, 11) is 0. The van der Waals surface area contributed by atoms with Gasteiger partial charge in [-0.15, -0.1) is 0 Å². The number of benzene rings is 1. The average molecular weight is 319 g/mol. The summed E-state index contributed by atoms with van der Waals surface area (Å²) in [6, 6.07) is 10.6. The molecule has 3 rings (SSSR count). The second kappa shape index (κ2) is 5.12. The van der Waals surface area contributed by atoms with E-state index in [2.05, 4.69) is 65.0 Å². The van der Waals surface area contributed by atoms with Crippen LogP contribution < -0.4 is 4.90 Å². The van der Waals surface area contributed by atoms with Gasteiger partial charge in [-0.05, 0) is 37.0 Å². The van der Waals surface area contributed by atoms with Gasteiger partial charge in [0.05, 0.1) is 5.52 Å². The van der Waals surface area contributed by atoms with Gasteiger partial charge in [0.25, 0.3) is 0 Å². The molecule has 0 N–H and O–H groups in total. The molecule has 1 saturated heterocycles. The molecule has 2 nitrogen and oxygen atoms in total. The van der Waals surface area contributed by atoms with Gasteiger partial charge in [0, 0.05) is 23.3 Å². The van der Waals surface area contributed by atoms with Crippen molar-refractivity contribution in [3.8, 4) is 0 Å². The van der Waals surface area contributed by atoms with Gasteiger partial charge in [0.2, 0.25) is 0 Å². The van der Waals surface area contributed by atoms with Crippen LogP contribution >= 0.6 is 15.9 Å². The van der Waals surface area contributed by atoms with E-state index >= 15 is 0 Å². The topological polar surface area (TPSA) is 16.1 Å². The number of hydrogen-bond acceptors (Lipinski definition) is 2. The largest absolute Gasteiger partial charge is 0.356 e. The number of aryl methyl sites for hydroxylation is 1. The minimum Gasteiger partial charge on any atom is -0.356 e. The number of para-hydroxylation sites is 1. The van der Waals surface area contributed by atoms with Gasteiger partial charge >= 0.3 is 0 Å². The maximum atomic E-state index is 4.87. The first-order chi connectivity index (χ1) is 9.15. The molecular formula is C16H19BrN2. The van der Waals surface area contributed by atoms with E-state index in [1.807, 2.05) is 0 Å². The Balaban J connectivity index is 1.98. The zero-order chi connectivity index (χ0) is 13.4. The Kier molecular flexibility index (Phi) is 3.48. The number of fused-ring (bicyclic) bond motifs is 1. The van der Waals surface area contributed by atoms with E-state index in [1.165, 1.54) is 17.4 Å². The van der Waals surface area contributed by atoms with Crippen molar-refractivity contribution < 1.29 is 0 Å². The van der Waals surface area contributed by atoms with Crippen LogP contribution in [0.4, 0.5) is 5.82 Å². The first-order valence-electron chi connectivity index (χ1n) is 6.90. The van der Waals surface area contributed by atoms with Crippen molar-refractivity contribution in [2.24, 2.45) is 5.92 Å². The molecule has 2 aromatic rings. The van der Waals surface area contributed by atoms with Crippen molar-refractivity contribution in [2.45, 2.75) is 25.1 Å². The lowest BCUT2D eigenvalue weighted by atomic mass is 9.99. The van der Waals surface area contributed by atoms with Gasteiger partial charge in [-0.25, -0.2) is 4.98 Å². The zero-order valence-corrected chi connectivity index (χ0v) is 13.0. The lowest BCUT2D eigenvalue weighted by molar-refractivity contribution is 0.463. The number of hydrogen-bond donors (Lipinski definition) is 0. The van der Waals surface area contributed by atoms with Crippen molar-refractivity contribution in [1.82, 2.24) is 4.98 Å². The smallest absolute Gasteiger partial charge is 0.132 e. The first kappa shape index (κ1) is 12.9. The molecule has 0 radical (unpaired) electrons. The number of aromatic nitrogens is 1. The normalized spacial score (nSPS) is 23.8. The van der Waals surface area contributed by atoms with Crippen molar-refractivity contribution in [2.75, 3.05) is 18.0 Å². The third-order valence-electron chi connectivity index (χ3n) is 3.99. The molecule has 2 heterocycles. The SMILES string of the molecule is Cc1cc2ccccc2nc1N1CCC(Br)C(C)C1. The quantitative estimate of drug-likeness (QED) is 0.734. The average Bonchev–Trinajstić information content (AvgIpc) is 2.41. The molecule has 1 fully saturated rings.